The fourth-order valence-corrected chi connectivity index (χ4v) is 6.19. The van der Waals surface area contributed by atoms with E-state index < -0.39 is 23.8 Å². The highest BCUT2D eigenvalue weighted by Crippen LogP contribution is 2.47. The van der Waals surface area contributed by atoms with E-state index in [4.69, 9.17) is 9.47 Å². The van der Waals surface area contributed by atoms with Crippen molar-refractivity contribution in [2.45, 2.75) is 38.6 Å². The van der Waals surface area contributed by atoms with Crippen molar-refractivity contribution >= 4 is 23.3 Å². The van der Waals surface area contributed by atoms with Crippen LogP contribution in [0.2, 0.25) is 0 Å². The van der Waals surface area contributed by atoms with Gasteiger partial charge in [-0.15, -0.1) is 0 Å². The maximum atomic E-state index is 14.2. The highest BCUT2D eigenvalue weighted by molar-refractivity contribution is 5.94. The Morgan fingerprint density at radius 3 is 2.17 bits per heavy atom. The van der Waals surface area contributed by atoms with Crippen LogP contribution in [0.3, 0.4) is 0 Å². The van der Waals surface area contributed by atoms with Gasteiger partial charge in [-0.25, -0.2) is 4.39 Å². The Hall–Kier alpha value is -4.11. The predicted molar refractivity (Wildman–Crippen MR) is 160 cm³/mol. The molecule has 0 bridgehead atoms. The number of fused-ring (bicyclic) bond motifs is 1. The molecule has 0 radical (unpaired) electrons. The SMILES string of the molecule is CCc1cc(F)cc(CC)c1NC(=O)CN1C[C@H](c2ccc3c(c2)OCCO3)[C@@H](C(=O)O)C1c1ccc(N(C)C)cc1. The van der Waals surface area contributed by atoms with Crippen LogP contribution in [0.4, 0.5) is 15.8 Å². The van der Waals surface area contributed by atoms with Crippen molar-refractivity contribution in [1.82, 2.24) is 4.90 Å². The lowest BCUT2D eigenvalue weighted by molar-refractivity contribution is -0.143. The largest absolute Gasteiger partial charge is 0.486 e. The second-order valence-corrected chi connectivity index (χ2v) is 11.1. The maximum Gasteiger partial charge on any atom is 0.309 e. The molecule has 1 saturated heterocycles. The van der Waals surface area contributed by atoms with Crippen molar-refractivity contribution < 1.29 is 28.6 Å². The summed E-state index contributed by atoms with van der Waals surface area (Å²) in [5, 5.41) is 13.6. The number of likely N-dealkylation sites (tertiary alicyclic amines) is 1. The fraction of sp³-hybridized carbons (Fsp3) is 0.394. The van der Waals surface area contributed by atoms with Gasteiger partial charge in [0, 0.05) is 44.0 Å². The smallest absolute Gasteiger partial charge is 0.309 e. The number of aliphatic carboxylic acids is 1. The van der Waals surface area contributed by atoms with Gasteiger partial charge in [0.15, 0.2) is 11.5 Å². The van der Waals surface area contributed by atoms with Crippen LogP contribution in [0.15, 0.2) is 54.6 Å². The molecule has 222 valence electrons. The number of aryl methyl sites for hydroxylation is 2. The standard InChI is InChI=1S/C33H38FN3O5/c1-5-20-15-24(34)16-21(6-2)31(20)35-29(38)19-37-18-26(23-9-12-27-28(17-23)42-14-13-41-27)30(33(39)40)32(37)22-7-10-25(11-8-22)36(3)4/h7-12,15-17,26,30,32H,5-6,13-14,18-19H2,1-4H3,(H,35,38)(H,39,40)/t26-,30-,32?/m1/s1. The Kier molecular flexibility index (Phi) is 8.68. The molecule has 1 fully saturated rings. The number of carboxylic acid groups (broad SMARTS) is 1. The average Bonchev–Trinajstić information content (AvgIpc) is 3.36. The zero-order valence-corrected chi connectivity index (χ0v) is 24.5. The van der Waals surface area contributed by atoms with Gasteiger partial charge in [0.1, 0.15) is 19.0 Å². The van der Waals surface area contributed by atoms with Gasteiger partial charge in [-0.1, -0.05) is 32.0 Å². The number of rotatable bonds is 9. The molecule has 5 rings (SSSR count). The average molecular weight is 576 g/mol. The Bertz CT molecular complexity index is 1430. The summed E-state index contributed by atoms with van der Waals surface area (Å²) in [6.07, 6.45) is 1.14. The van der Waals surface area contributed by atoms with E-state index in [1.807, 2.05) is 80.2 Å². The molecule has 3 aromatic carbocycles. The number of benzene rings is 3. The molecule has 2 N–H and O–H groups in total. The molecule has 1 amide bonds. The molecule has 8 nitrogen and oxygen atoms in total. The van der Waals surface area contributed by atoms with Gasteiger partial charge in [-0.2, -0.15) is 0 Å². The van der Waals surface area contributed by atoms with Gasteiger partial charge >= 0.3 is 5.97 Å². The topological polar surface area (TPSA) is 91.3 Å². The lowest BCUT2D eigenvalue weighted by Crippen LogP contribution is -2.35. The lowest BCUT2D eigenvalue weighted by atomic mass is 9.82. The molecule has 2 aliphatic heterocycles. The van der Waals surface area contributed by atoms with Crippen LogP contribution in [-0.4, -0.2) is 62.3 Å². The maximum absolute atomic E-state index is 14.2. The van der Waals surface area contributed by atoms with Gasteiger partial charge in [0.05, 0.1) is 12.5 Å². The Morgan fingerprint density at radius 1 is 0.952 bits per heavy atom. The summed E-state index contributed by atoms with van der Waals surface area (Å²) in [6, 6.07) is 15.8. The highest BCUT2D eigenvalue weighted by atomic mass is 19.1. The van der Waals surface area contributed by atoms with E-state index in [9.17, 15) is 19.1 Å². The van der Waals surface area contributed by atoms with Crippen LogP contribution in [0.25, 0.3) is 0 Å². The number of carboxylic acids is 1. The summed E-state index contributed by atoms with van der Waals surface area (Å²) in [4.78, 5) is 30.4. The first kappa shape index (κ1) is 29.4. The summed E-state index contributed by atoms with van der Waals surface area (Å²) in [5.74, 6) is -1.50. The van der Waals surface area contributed by atoms with E-state index in [1.165, 1.54) is 12.1 Å². The molecular formula is C33H38FN3O5. The zero-order chi connectivity index (χ0) is 30.0. The number of carbonyl (C=O) groups excluding carboxylic acids is 1. The Morgan fingerprint density at radius 2 is 1.57 bits per heavy atom. The minimum Gasteiger partial charge on any atom is -0.486 e. The van der Waals surface area contributed by atoms with Gasteiger partial charge < -0.3 is 24.8 Å². The van der Waals surface area contributed by atoms with E-state index in [0.29, 0.717) is 49.8 Å². The van der Waals surface area contributed by atoms with Crippen LogP contribution in [0.1, 0.15) is 48.1 Å². The molecule has 3 atom stereocenters. The molecule has 2 aliphatic rings. The minimum absolute atomic E-state index is 0.0192. The van der Waals surface area contributed by atoms with Crippen molar-refractivity contribution in [2.24, 2.45) is 5.92 Å². The third-order valence-corrected chi connectivity index (χ3v) is 8.27. The number of hydrogen-bond acceptors (Lipinski definition) is 6. The Labute approximate surface area is 246 Å². The van der Waals surface area contributed by atoms with Crippen LogP contribution in [0.5, 0.6) is 11.5 Å². The van der Waals surface area contributed by atoms with Crippen molar-refractivity contribution in [3.05, 3.63) is 82.7 Å². The predicted octanol–water partition coefficient (Wildman–Crippen LogP) is 5.27. The molecule has 3 aromatic rings. The van der Waals surface area contributed by atoms with Gasteiger partial charge in [0.25, 0.3) is 0 Å². The summed E-state index contributed by atoms with van der Waals surface area (Å²) in [6.45, 7) is 5.08. The normalized spacial score (nSPS) is 19.9. The number of amides is 1. The van der Waals surface area contributed by atoms with E-state index in [-0.39, 0.29) is 18.3 Å². The summed E-state index contributed by atoms with van der Waals surface area (Å²) in [5.41, 5.74) is 4.74. The summed E-state index contributed by atoms with van der Waals surface area (Å²) in [7, 11) is 3.90. The monoisotopic (exact) mass is 575 g/mol. The second-order valence-electron chi connectivity index (χ2n) is 11.1. The van der Waals surface area contributed by atoms with Crippen LogP contribution < -0.4 is 19.7 Å². The molecule has 2 heterocycles. The molecule has 0 saturated carbocycles. The first-order valence-corrected chi connectivity index (χ1v) is 14.4. The number of nitrogens with one attached hydrogen (secondary N) is 1. The van der Waals surface area contributed by atoms with E-state index in [1.54, 1.807) is 0 Å². The van der Waals surface area contributed by atoms with Gasteiger partial charge in [0.2, 0.25) is 5.91 Å². The molecule has 0 aromatic heterocycles. The molecule has 9 heteroatoms. The second kappa shape index (κ2) is 12.4. The molecule has 1 unspecified atom stereocenters. The van der Waals surface area contributed by atoms with Crippen LogP contribution in [-0.2, 0) is 22.4 Å². The van der Waals surface area contributed by atoms with Gasteiger partial charge in [-0.3, -0.25) is 14.5 Å². The van der Waals surface area contributed by atoms with Crippen LogP contribution in [0, 0.1) is 11.7 Å². The molecule has 0 aliphatic carbocycles. The van der Waals surface area contributed by atoms with E-state index in [2.05, 4.69) is 5.32 Å². The van der Waals surface area contributed by atoms with Crippen molar-refractivity contribution in [1.29, 1.82) is 0 Å². The quantitative estimate of drug-likeness (QED) is 0.359. The number of ether oxygens (including phenoxy) is 2. The first-order valence-electron chi connectivity index (χ1n) is 14.4. The highest BCUT2D eigenvalue weighted by Gasteiger charge is 2.48. The summed E-state index contributed by atoms with van der Waals surface area (Å²) < 4.78 is 25.7. The lowest BCUT2D eigenvalue weighted by Gasteiger charge is -2.28. The molecule has 0 spiro atoms. The number of hydrogen-bond donors (Lipinski definition) is 2. The van der Waals surface area contributed by atoms with Gasteiger partial charge in [-0.05, 0) is 71.5 Å². The minimum atomic E-state index is -0.931. The van der Waals surface area contributed by atoms with Crippen molar-refractivity contribution in [3.63, 3.8) is 0 Å². The first-order chi connectivity index (χ1) is 20.2. The Balaban J connectivity index is 1.50. The fourth-order valence-electron chi connectivity index (χ4n) is 6.19. The van der Waals surface area contributed by atoms with E-state index >= 15 is 0 Å². The zero-order valence-electron chi connectivity index (χ0n) is 24.5. The van der Waals surface area contributed by atoms with Crippen LogP contribution >= 0.6 is 0 Å². The van der Waals surface area contributed by atoms with Crippen molar-refractivity contribution in [2.75, 3.05) is 50.6 Å². The number of carbonyl (C=O) groups is 2. The van der Waals surface area contributed by atoms with Crippen molar-refractivity contribution in [3.8, 4) is 11.5 Å². The molecule has 42 heavy (non-hydrogen) atoms. The van der Waals surface area contributed by atoms with E-state index in [0.717, 1.165) is 27.9 Å². The number of nitrogens with zero attached hydrogens (tertiary/aromatic N) is 2. The number of halogens is 1. The third kappa shape index (κ3) is 5.92. The third-order valence-electron chi connectivity index (χ3n) is 8.27. The molecular weight excluding hydrogens is 537 g/mol. The summed E-state index contributed by atoms with van der Waals surface area (Å²) >= 11 is 0. The number of anilines is 2.